The van der Waals surface area contributed by atoms with Gasteiger partial charge in [0.05, 0.1) is 18.2 Å². The summed E-state index contributed by atoms with van der Waals surface area (Å²) in [5, 5.41) is 12.8. The second-order valence-corrected chi connectivity index (χ2v) is 9.78. The van der Waals surface area contributed by atoms with Crippen LogP contribution in [0.4, 0.5) is 5.69 Å². The minimum Gasteiger partial charge on any atom is -0.488 e. The van der Waals surface area contributed by atoms with Gasteiger partial charge in [0.1, 0.15) is 11.9 Å². The predicted molar refractivity (Wildman–Crippen MR) is 132 cm³/mol. The Morgan fingerprint density at radius 2 is 1.97 bits per heavy atom. The number of hydrogen-bond donors (Lipinski definition) is 2. The summed E-state index contributed by atoms with van der Waals surface area (Å²) in [6.45, 7) is 5.77. The first-order chi connectivity index (χ1) is 16.4. The maximum absolute atomic E-state index is 13.5. The number of nitrogens with zero attached hydrogens (tertiary/aromatic N) is 2. The Bertz CT molecular complexity index is 1010. The molecule has 0 radical (unpaired) electrons. The van der Waals surface area contributed by atoms with Crippen molar-refractivity contribution in [2.45, 2.75) is 45.4 Å². The molecule has 1 aliphatic carbocycles. The smallest absolute Gasteiger partial charge is 0.258 e. The number of amides is 2. The summed E-state index contributed by atoms with van der Waals surface area (Å²) in [5.74, 6) is 0.439. The second-order valence-electron chi connectivity index (χ2n) is 9.78. The van der Waals surface area contributed by atoms with Crippen molar-refractivity contribution < 1.29 is 19.4 Å². The number of carbonyl (C=O) groups is 2. The normalized spacial score (nSPS) is 21.3. The molecule has 0 unspecified atom stereocenters. The van der Waals surface area contributed by atoms with Crippen molar-refractivity contribution in [1.29, 1.82) is 0 Å². The Hall–Kier alpha value is -2.90. The third-order valence-electron chi connectivity index (χ3n) is 6.67. The summed E-state index contributed by atoms with van der Waals surface area (Å²) in [6, 6.07) is 15.2. The molecular weight excluding hydrogens is 430 g/mol. The Balaban J connectivity index is 1.58. The monoisotopic (exact) mass is 465 g/mol. The Morgan fingerprint density at radius 3 is 2.65 bits per heavy atom. The van der Waals surface area contributed by atoms with E-state index in [9.17, 15) is 14.7 Å². The lowest BCUT2D eigenvalue weighted by Gasteiger charge is -2.38. The fourth-order valence-electron chi connectivity index (χ4n) is 4.37. The van der Waals surface area contributed by atoms with E-state index in [1.165, 1.54) is 5.56 Å². The lowest BCUT2D eigenvalue weighted by atomic mass is 9.99. The molecular formula is C27H35N3O4. The van der Waals surface area contributed by atoms with Crippen LogP contribution in [0.5, 0.6) is 5.75 Å². The van der Waals surface area contributed by atoms with Crippen LogP contribution in [0.25, 0.3) is 0 Å². The van der Waals surface area contributed by atoms with Crippen molar-refractivity contribution in [1.82, 2.24) is 9.80 Å². The molecule has 2 amide bonds. The maximum atomic E-state index is 13.5. The average Bonchev–Trinajstić information content (AvgIpc) is 3.67. The number of likely N-dealkylation sites (N-methyl/N-ethyl adjacent to an activating group) is 1. The van der Waals surface area contributed by atoms with Gasteiger partial charge in [-0.15, -0.1) is 0 Å². The first-order valence-electron chi connectivity index (χ1n) is 12.1. The van der Waals surface area contributed by atoms with Gasteiger partial charge in [-0.25, -0.2) is 0 Å². The van der Waals surface area contributed by atoms with Crippen molar-refractivity contribution in [2.75, 3.05) is 32.1 Å². The standard InChI is InChI=1S/C27H35N3O4/c1-18-14-30(19(2)17-31)27(33)23-13-22(28-26(32)21-9-10-21)11-12-24(23)34-25(18)16-29(3)15-20-7-5-4-6-8-20/h4-8,11-13,18-19,21,25,31H,9-10,14-17H2,1-3H3,(H,28,32)/t18-,19-,25-/m0/s1. The highest BCUT2D eigenvalue weighted by Gasteiger charge is 2.34. The van der Waals surface area contributed by atoms with Crippen LogP contribution < -0.4 is 10.1 Å². The third-order valence-corrected chi connectivity index (χ3v) is 6.67. The summed E-state index contributed by atoms with van der Waals surface area (Å²) in [5.41, 5.74) is 2.23. The van der Waals surface area contributed by atoms with Gasteiger partial charge in [0.25, 0.3) is 5.91 Å². The SMILES string of the molecule is C[C@H]1CN([C@@H](C)CO)C(=O)c2cc(NC(=O)C3CC3)ccc2O[C@H]1CN(C)Cc1ccccc1. The fraction of sp³-hybridized carbons (Fsp3) is 0.481. The van der Waals surface area contributed by atoms with E-state index in [0.29, 0.717) is 30.1 Å². The lowest BCUT2D eigenvalue weighted by molar-refractivity contribution is -0.117. The van der Waals surface area contributed by atoms with Crippen LogP contribution in [0.1, 0.15) is 42.6 Å². The number of benzene rings is 2. The van der Waals surface area contributed by atoms with E-state index in [-0.39, 0.29) is 42.4 Å². The number of ether oxygens (including phenoxy) is 1. The van der Waals surface area contributed by atoms with Crippen LogP contribution in [0, 0.1) is 11.8 Å². The van der Waals surface area contributed by atoms with Crippen LogP contribution in [-0.4, -0.2) is 65.6 Å². The third kappa shape index (κ3) is 5.77. The molecule has 1 aliphatic heterocycles. The Kier molecular flexibility index (Phi) is 7.54. The largest absolute Gasteiger partial charge is 0.488 e. The van der Waals surface area contributed by atoms with Crippen LogP contribution in [0.15, 0.2) is 48.5 Å². The molecule has 34 heavy (non-hydrogen) atoms. The van der Waals surface area contributed by atoms with Gasteiger partial charge < -0.3 is 20.1 Å². The highest BCUT2D eigenvalue weighted by Crippen LogP contribution is 2.33. The molecule has 7 nitrogen and oxygen atoms in total. The molecule has 1 fully saturated rings. The van der Waals surface area contributed by atoms with Gasteiger partial charge in [-0.1, -0.05) is 37.3 Å². The number of hydrogen-bond acceptors (Lipinski definition) is 5. The van der Waals surface area contributed by atoms with Crippen molar-refractivity contribution in [2.24, 2.45) is 11.8 Å². The first kappa shape index (κ1) is 24.2. The minimum atomic E-state index is -0.326. The summed E-state index contributed by atoms with van der Waals surface area (Å²) in [4.78, 5) is 29.7. The maximum Gasteiger partial charge on any atom is 0.258 e. The van der Waals surface area contributed by atoms with E-state index in [1.807, 2.05) is 25.1 Å². The molecule has 2 aliphatic rings. The number of rotatable bonds is 8. The molecule has 7 heteroatoms. The average molecular weight is 466 g/mol. The lowest BCUT2D eigenvalue weighted by Crippen LogP contribution is -2.49. The number of carbonyl (C=O) groups excluding carboxylic acids is 2. The van der Waals surface area contributed by atoms with Gasteiger partial charge in [-0.2, -0.15) is 0 Å². The van der Waals surface area contributed by atoms with Gasteiger partial charge in [-0.3, -0.25) is 14.5 Å². The molecule has 4 rings (SSSR count). The molecule has 0 bridgehead atoms. The van der Waals surface area contributed by atoms with Crippen molar-refractivity contribution in [3.05, 3.63) is 59.7 Å². The number of aliphatic hydroxyl groups is 1. The zero-order valence-corrected chi connectivity index (χ0v) is 20.2. The van der Waals surface area contributed by atoms with Gasteiger partial charge in [0.15, 0.2) is 0 Å². The molecule has 0 aromatic heterocycles. The Labute approximate surface area is 201 Å². The van der Waals surface area contributed by atoms with E-state index in [0.717, 1.165) is 19.4 Å². The number of aliphatic hydroxyl groups excluding tert-OH is 1. The van der Waals surface area contributed by atoms with E-state index in [4.69, 9.17) is 4.74 Å². The molecule has 3 atom stereocenters. The van der Waals surface area contributed by atoms with E-state index >= 15 is 0 Å². The van der Waals surface area contributed by atoms with Gasteiger partial charge in [0.2, 0.25) is 5.91 Å². The van der Waals surface area contributed by atoms with Gasteiger partial charge in [-0.05, 0) is 50.6 Å². The van der Waals surface area contributed by atoms with Crippen molar-refractivity contribution in [3.8, 4) is 5.75 Å². The summed E-state index contributed by atoms with van der Waals surface area (Å²) < 4.78 is 6.45. The van der Waals surface area contributed by atoms with E-state index in [2.05, 4.69) is 36.3 Å². The van der Waals surface area contributed by atoms with E-state index < -0.39 is 0 Å². The topological polar surface area (TPSA) is 82.1 Å². The first-order valence-corrected chi connectivity index (χ1v) is 12.1. The molecule has 2 aromatic carbocycles. The second kappa shape index (κ2) is 10.6. The molecule has 2 N–H and O–H groups in total. The molecule has 0 spiro atoms. The van der Waals surface area contributed by atoms with E-state index in [1.54, 1.807) is 23.1 Å². The predicted octanol–water partition coefficient (Wildman–Crippen LogP) is 3.39. The van der Waals surface area contributed by atoms with Crippen LogP contribution in [0.2, 0.25) is 0 Å². The molecule has 2 aromatic rings. The Morgan fingerprint density at radius 1 is 1.24 bits per heavy atom. The minimum absolute atomic E-state index is 0.00576. The fourth-order valence-corrected chi connectivity index (χ4v) is 4.37. The van der Waals surface area contributed by atoms with Crippen molar-refractivity contribution in [3.63, 3.8) is 0 Å². The highest BCUT2D eigenvalue weighted by molar-refractivity contribution is 6.00. The quantitative estimate of drug-likeness (QED) is 0.625. The van der Waals surface area contributed by atoms with Crippen LogP contribution in [-0.2, 0) is 11.3 Å². The summed E-state index contributed by atoms with van der Waals surface area (Å²) in [6.07, 6.45) is 1.67. The highest BCUT2D eigenvalue weighted by atomic mass is 16.5. The number of anilines is 1. The zero-order chi connectivity index (χ0) is 24.2. The zero-order valence-electron chi connectivity index (χ0n) is 20.2. The summed E-state index contributed by atoms with van der Waals surface area (Å²) in [7, 11) is 2.07. The van der Waals surface area contributed by atoms with Crippen LogP contribution in [0.3, 0.4) is 0 Å². The molecule has 182 valence electrons. The van der Waals surface area contributed by atoms with Crippen molar-refractivity contribution >= 4 is 17.5 Å². The van der Waals surface area contributed by atoms with Gasteiger partial charge in [0, 0.05) is 37.2 Å². The van der Waals surface area contributed by atoms with Crippen LogP contribution >= 0.6 is 0 Å². The molecule has 1 saturated carbocycles. The number of fused-ring (bicyclic) bond motifs is 1. The molecule has 0 saturated heterocycles. The summed E-state index contributed by atoms with van der Waals surface area (Å²) >= 11 is 0. The number of nitrogens with one attached hydrogen (secondary N) is 1. The van der Waals surface area contributed by atoms with Gasteiger partial charge >= 0.3 is 0 Å². The molecule has 1 heterocycles.